The van der Waals surface area contributed by atoms with Crippen LogP contribution in [0.1, 0.15) is 15.9 Å². The minimum atomic E-state index is -0.473. The molecular formula is C21H15ClN2O2S. The van der Waals surface area contributed by atoms with Gasteiger partial charge in [-0.25, -0.2) is 0 Å². The number of rotatable bonds is 3. The van der Waals surface area contributed by atoms with E-state index in [0.29, 0.717) is 10.6 Å². The number of amides is 2. The van der Waals surface area contributed by atoms with Crippen molar-refractivity contribution in [1.82, 2.24) is 5.32 Å². The van der Waals surface area contributed by atoms with E-state index >= 15 is 0 Å². The number of hydrogen-bond donors (Lipinski definition) is 1. The number of nitrogens with zero attached hydrogens (tertiary/aromatic N) is 1. The number of carbonyl (C=O) groups excluding carboxylic acids is 2. The van der Waals surface area contributed by atoms with E-state index in [1.54, 1.807) is 18.2 Å². The van der Waals surface area contributed by atoms with Crippen LogP contribution in [0.15, 0.2) is 66.7 Å². The fourth-order valence-corrected chi connectivity index (χ4v) is 4.20. The van der Waals surface area contributed by atoms with Crippen molar-refractivity contribution in [1.29, 1.82) is 0 Å². The van der Waals surface area contributed by atoms with Crippen molar-refractivity contribution in [2.75, 3.05) is 4.31 Å². The van der Waals surface area contributed by atoms with Crippen LogP contribution in [0.5, 0.6) is 0 Å². The van der Waals surface area contributed by atoms with Crippen molar-refractivity contribution in [2.24, 2.45) is 0 Å². The van der Waals surface area contributed by atoms with Gasteiger partial charge < -0.3 is 0 Å². The Morgan fingerprint density at radius 2 is 1.78 bits per heavy atom. The third-order valence-corrected chi connectivity index (χ3v) is 5.45. The molecule has 0 spiro atoms. The zero-order valence-corrected chi connectivity index (χ0v) is 16.0. The van der Waals surface area contributed by atoms with Crippen molar-refractivity contribution >= 4 is 46.1 Å². The van der Waals surface area contributed by atoms with Crippen molar-refractivity contribution in [2.45, 2.75) is 6.92 Å². The molecule has 0 saturated carbocycles. The van der Waals surface area contributed by atoms with Gasteiger partial charge in [0.2, 0.25) is 0 Å². The lowest BCUT2D eigenvalue weighted by Gasteiger charge is -2.37. The molecule has 0 atom stereocenters. The summed E-state index contributed by atoms with van der Waals surface area (Å²) in [5.74, 6) is -0.473. The third-order valence-electron chi connectivity index (χ3n) is 4.39. The summed E-state index contributed by atoms with van der Waals surface area (Å²) < 4.78 is 1.86. The van der Waals surface area contributed by atoms with Crippen molar-refractivity contribution in [3.63, 3.8) is 0 Å². The van der Waals surface area contributed by atoms with Gasteiger partial charge in [0.25, 0.3) is 5.91 Å². The van der Waals surface area contributed by atoms with Crippen LogP contribution in [0.25, 0.3) is 11.1 Å². The monoisotopic (exact) mass is 394 g/mol. The van der Waals surface area contributed by atoms with Gasteiger partial charge in [-0.15, -0.1) is 0 Å². The summed E-state index contributed by atoms with van der Waals surface area (Å²) in [5.41, 5.74) is 5.60. The molecular weight excluding hydrogens is 380 g/mol. The van der Waals surface area contributed by atoms with Gasteiger partial charge in [0.1, 0.15) is 0 Å². The van der Waals surface area contributed by atoms with E-state index in [-0.39, 0.29) is 0 Å². The predicted octanol–water partition coefficient (Wildman–Crippen LogP) is 5.97. The number of carbonyl (C=O) groups is 2. The molecule has 0 aromatic heterocycles. The Labute approximate surface area is 166 Å². The number of halogens is 1. The number of imide groups is 1. The van der Waals surface area contributed by atoms with Crippen molar-refractivity contribution in [3.8, 4) is 11.1 Å². The Kier molecular flexibility index (Phi) is 4.64. The molecule has 1 aliphatic heterocycles. The van der Waals surface area contributed by atoms with E-state index in [1.165, 1.54) is 6.07 Å². The summed E-state index contributed by atoms with van der Waals surface area (Å²) >= 11 is 6.87. The number of anilines is 2. The largest absolute Gasteiger partial charge is 0.306 e. The molecule has 1 N–H and O–H groups in total. The second-order valence-corrected chi connectivity index (χ2v) is 7.46. The summed E-state index contributed by atoms with van der Waals surface area (Å²) in [6.45, 7) is 2.03. The molecule has 0 unspecified atom stereocenters. The molecule has 2 bridgehead atoms. The van der Waals surface area contributed by atoms with Crippen molar-refractivity contribution in [3.05, 3.63) is 82.9 Å². The molecule has 6 heteroatoms. The molecule has 134 valence electrons. The molecule has 3 aromatic carbocycles. The average molecular weight is 395 g/mol. The second kappa shape index (κ2) is 7.10. The first-order chi connectivity index (χ1) is 13.0. The van der Waals surface area contributed by atoms with Crippen molar-refractivity contribution < 1.29 is 9.59 Å². The second-order valence-electron chi connectivity index (χ2n) is 6.11. The van der Waals surface area contributed by atoms with Crippen LogP contribution in [-0.2, 0) is 0 Å². The summed E-state index contributed by atoms with van der Waals surface area (Å²) in [6, 6.07) is 20.5. The SMILES string of the molecule is Cc1c2ccc(-c3ccccc3)c1N2SC(=O)NC(=O)c1cccc(Cl)c1. The standard InChI is InChI=1S/C21H15ClN2O2S/c1-13-18-11-10-17(14-6-3-2-4-7-14)19(13)24(18)27-21(26)23-20(25)15-8-5-9-16(22)12-15/h2-12H,1H3,(H,23,25,26). The normalized spacial score (nSPS) is 11.7. The Bertz CT molecular complexity index is 1050. The fraction of sp³-hybridized carbons (Fsp3) is 0.0476. The minimum Gasteiger partial charge on any atom is -0.282 e. The number of nitrogens with one attached hydrogen (secondary N) is 1. The first kappa shape index (κ1) is 17.6. The van der Waals surface area contributed by atoms with Crippen LogP contribution in [0.3, 0.4) is 0 Å². The van der Waals surface area contributed by atoms with E-state index in [0.717, 1.165) is 40.0 Å². The maximum absolute atomic E-state index is 12.4. The van der Waals surface area contributed by atoms with Crippen LogP contribution in [0.2, 0.25) is 5.02 Å². The third kappa shape index (κ3) is 3.31. The van der Waals surface area contributed by atoms with Gasteiger partial charge in [-0.05, 0) is 42.3 Å². The Balaban J connectivity index is 1.50. The average Bonchev–Trinajstić information content (AvgIpc) is 2.68. The first-order valence-corrected chi connectivity index (χ1v) is 9.48. The van der Waals surface area contributed by atoms with Gasteiger partial charge in [0.15, 0.2) is 0 Å². The number of aryl methyl sites for hydroxylation is 1. The lowest BCUT2D eigenvalue weighted by molar-refractivity contribution is 0.0969. The summed E-state index contributed by atoms with van der Waals surface area (Å²) in [5, 5.41) is 2.40. The summed E-state index contributed by atoms with van der Waals surface area (Å²) in [6.07, 6.45) is 0. The lowest BCUT2D eigenvalue weighted by Crippen LogP contribution is -2.31. The van der Waals surface area contributed by atoms with Gasteiger partial charge in [0, 0.05) is 16.1 Å². The Hall–Kier alpha value is -2.76. The van der Waals surface area contributed by atoms with Gasteiger partial charge in [-0.3, -0.25) is 19.2 Å². The van der Waals surface area contributed by atoms with Crippen LogP contribution in [0, 0.1) is 6.92 Å². The Morgan fingerprint density at radius 3 is 2.48 bits per heavy atom. The highest BCUT2D eigenvalue weighted by Gasteiger charge is 2.32. The molecule has 4 nitrogen and oxygen atoms in total. The Morgan fingerprint density at radius 1 is 1.00 bits per heavy atom. The smallest absolute Gasteiger partial charge is 0.282 e. The molecule has 0 aliphatic carbocycles. The van der Waals surface area contributed by atoms with Crippen LogP contribution < -0.4 is 9.62 Å². The van der Waals surface area contributed by atoms with Crippen LogP contribution >= 0.6 is 23.5 Å². The quantitative estimate of drug-likeness (QED) is 0.556. The highest BCUT2D eigenvalue weighted by molar-refractivity contribution is 8.15. The van der Waals surface area contributed by atoms with E-state index < -0.39 is 11.1 Å². The number of hydrogen-bond acceptors (Lipinski definition) is 4. The fourth-order valence-electron chi connectivity index (χ4n) is 3.08. The minimum absolute atomic E-state index is 0.347. The molecule has 27 heavy (non-hydrogen) atoms. The van der Waals surface area contributed by atoms with Gasteiger partial charge in [-0.2, -0.15) is 0 Å². The van der Waals surface area contributed by atoms with Crippen LogP contribution in [-0.4, -0.2) is 11.1 Å². The van der Waals surface area contributed by atoms with E-state index in [1.807, 2.05) is 47.6 Å². The van der Waals surface area contributed by atoms with E-state index in [2.05, 4.69) is 11.4 Å². The summed E-state index contributed by atoms with van der Waals surface area (Å²) in [7, 11) is 0. The van der Waals surface area contributed by atoms with Gasteiger partial charge >= 0.3 is 5.24 Å². The van der Waals surface area contributed by atoms with E-state index in [4.69, 9.17) is 11.6 Å². The van der Waals surface area contributed by atoms with Gasteiger partial charge in [-0.1, -0.05) is 54.1 Å². The predicted molar refractivity (Wildman–Crippen MR) is 111 cm³/mol. The molecule has 0 saturated heterocycles. The van der Waals surface area contributed by atoms with Crippen LogP contribution in [0.4, 0.5) is 16.2 Å². The molecule has 0 fully saturated rings. The number of fused-ring (bicyclic) bond motifs is 2. The highest BCUT2D eigenvalue weighted by Crippen LogP contribution is 2.53. The lowest BCUT2D eigenvalue weighted by atomic mass is 9.94. The zero-order valence-electron chi connectivity index (χ0n) is 14.4. The number of benzene rings is 3. The molecule has 0 radical (unpaired) electrons. The molecule has 3 aromatic rings. The highest BCUT2D eigenvalue weighted by atomic mass is 35.5. The maximum Gasteiger partial charge on any atom is 0.306 e. The molecule has 2 amide bonds. The summed E-state index contributed by atoms with van der Waals surface area (Å²) in [4.78, 5) is 24.6. The maximum atomic E-state index is 12.4. The molecule has 1 aliphatic rings. The first-order valence-electron chi connectivity index (χ1n) is 8.32. The molecule has 1 heterocycles. The van der Waals surface area contributed by atoms with Gasteiger partial charge in [0.05, 0.1) is 23.3 Å². The van der Waals surface area contributed by atoms with E-state index in [9.17, 15) is 9.59 Å². The molecule has 4 rings (SSSR count). The zero-order chi connectivity index (χ0) is 19.0. The topological polar surface area (TPSA) is 49.4 Å².